The Balaban J connectivity index is 1.82. The Hall–Kier alpha value is -0.920. The fourth-order valence-electron chi connectivity index (χ4n) is 2.14. The average Bonchev–Trinajstić information content (AvgIpc) is 3.30. The second-order valence-corrected chi connectivity index (χ2v) is 8.74. The summed E-state index contributed by atoms with van der Waals surface area (Å²) in [5.74, 6) is -0.108. The topological polar surface area (TPSA) is 74.7 Å². The minimum Gasteiger partial charge on any atom is -0.478 e. The summed E-state index contributed by atoms with van der Waals surface area (Å²) in [6.07, 6.45) is 4.39. The number of aromatic carboxylic acids is 1. The third-order valence-electron chi connectivity index (χ3n) is 3.73. The van der Waals surface area contributed by atoms with Crippen molar-refractivity contribution in [3.05, 3.63) is 17.0 Å². The molecular formula is C13H17NO4S2. The van der Waals surface area contributed by atoms with Crippen LogP contribution in [0.15, 0.2) is 15.7 Å². The molecule has 2 saturated carbocycles. The first-order chi connectivity index (χ1) is 9.46. The van der Waals surface area contributed by atoms with Crippen molar-refractivity contribution in [3.63, 3.8) is 0 Å². The molecule has 0 spiro atoms. The van der Waals surface area contributed by atoms with Gasteiger partial charge >= 0.3 is 5.97 Å². The summed E-state index contributed by atoms with van der Waals surface area (Å²) in [7, 11) is -3.54. The van der Waals surface area contributed by atoms with Crippen LogP contribution in [0, 0.1) is 11.8 Å². The van der Waals surface area contributed by atoms with Crippen LogP contribution in [0.25, 0.3) is 0 Å². The lowest BCUT2D eigenvalue weighted by Gasteiger charge is -2.21. The van der Waals surface area contributed by atoms with E-state index in [0.717, 1.165) is 37.0 Å². The lowest BCUT2D eigenvalue weighted by molar-refractivity contribution is 0.0697. The lowest BCUT2D eigenvalue weighted by Crippen LogP contribution is -2.34. The van der Waals surface area contributed by atoms with Crippen LogP contribution in [0.2, 0.25) is 0 Å². The van der Waals surface area contributed by atoms with Crippen LogP contribution < -0.4 is 0 Å². The zero-order valence-electron chi connectivity index (χ0n) is 11.0. The lowest BCUT2D eigenvalue weighted by atomic mass is 10.4. The van der Waals surface area contributed by atoms with E-state index in [1.165, 1.54) is 11.4 Å². The predicted octanol–water partition coefficient (Wildman–Crippen LogP) is 2.26. The molecule has 0 amide bonds. The molecule has 0 bridgehead atoms. The summed E-state index contributed by atoms with van der Waals surface area (Å²) in [6.45, 7) is 1.16. The number of thiophene rings is 1. The first kappa shape index (κ1) is 14.0. The molecule has 3 rings (SSSR count). The molecule has 0 unspecified atom stereocenters. The third kappa shape index (κ3) is 3.05. The van der Waals surface area contributed by atoms with Crippen molar-refractivity contribution in [3.8, 4) is 0 Å². The fourth-order valence-corrected chi connectivity index (χ4v) is 5.04. The monoisotopic (exact) mass is 315 g/mol. The molecule has 1 aromatic rings. The minimum atomic E-state index is -3.54. The van der Waals surface area contributed by atoms with Gasteiger partial charge < -0.3 is 5.11 Å². The molecule has 20 heavy (non-hydrogen) atoms. The van der Waals surface area contributed by atoms with Crippen molar-refractivity contribution in [2.45, 2.75) is 29.9 Å². The van der Waals surface area contributed by atoms with Crippen molar-refractivity contribution >= 4 is 27.3 Å². The number of hydrogen-bond donors (Lipinski definition) is 1. The molecule has 110 valence electrons. The summed E-state index contributed by atoms with van der Waals surface area (Å²) in [6, 6.07) is 1.27. The molecule has 2 aliphatic carbocycles. The molecular weight excluding hydrogens is 298 g/mol. The Labute approximate surface area is 122 Å². The van der Waals surface area contributed by atoms with Crippen molar-refractivity contribution in [2.24, 2.45) is 11.8 Å². The molecule has 7 heteroatoms. The van der Waals surface area contributed by atoms with Crippen molar-refractivity contribution in [1.82, 2.24) is 4.31 Å². The molecule has 0 aliphatic heterocycles. The second kappa shape index (κ2) is 5.13. The van der Waals surface area contributed by atoms with E-state index in [2.05, 4.69) is 0 Å². The van der Waals surface area contributed by atoms with E-state index in [9.17, 15) is 13.2 Å². The smallest absolute Gasteiger partial charge is 0.336 e. The Morgan fingerprint density at radius 2 is 1.80 bits per heavy atom. The van der Waals surface area contributed by atoms with Gasteiger partial charge in [0.05, 0.1) is 5.56 Å². The number of carbonyl (C=O) groups is 1. The zero-order valence-corrected chi connectivity index (χ0v) is 12.6. The van der Waals surface area contributed by atoms with Crippen LogP contribution >= 0.6 is 11.3 Å². The number of nitrogens with zero attached hydrogens (tertiary/aromatic N) is 1. The summed E-state index contributed by atoms with van der Waals surface area (Å²) >= 11 is 0.998. The maximum absolute atomic E-state index is 12.6. The number of carboxylic acid groups (broad SMARTS) is 1. The molecule has 0 aromatic carbocycles. The number of sulfonamides is 1. The molecule has 5 nitrogen and oxygen atoms in total. The number of hydrogen-bond acceptors (Lipinski definition) is 4. The van der Waals surface area contributed by atoms with Gasteiger partial charge in [0.15, 0.2) is 0 Å². The molecule has 2 aliphatic rings. The van der Waals surface area contributed by atoms with Crippen molar-refractivity contribution < 1.29 is 18.3 Å². The highest BCUT2D eigenvalue weighted by atomic mass is 32.2. The van der Waals surface area contributed by atoms with E-state index >= 15 is 0 Å². The molecule has 1 N–H and O–H groups in total. The Bertz CT molecular complexity index is 600. The zero-order chi connectivity index (χ0) is 14.3. The van der Waals surface area contributed by atoms with Crippen LogP contribution in [0.4, 0.5) is 0 Å². The standard InChI is InChI=1S/C13H17NO4S2/c15-13(16)11-5-12(19-8-11)20(17,18)14(6-9-1-2-9)7-10-3-4-10/h5,8-10H,1-4,6-7H2,(H,15,16). The highest BCUT2D eigenvalue weighted by molar-refractivity contribution is 7.91. The van der Waals surface area contributed by atoms with Gasteiger partial charge in [0.1, 0.15) is 4.21 Å². The Morgan fingerprint density at radius 3 is 2.20 bits per heavy atom. The van der Waals surface area contributed by atoms with Crippen molar-refractivity contribution in [1.29, 1.82) is 0 Å². The minimum absolute atomic E-state index is 0.0476. The molecule has 0 saturated heterocycles. The maximum Gasteiger partial charge on any atom is 0.336 e. The van der Waals surface area contributed by atoms with Crippen LogP contribution in [-0.2, 0) is 10.0 Å². The van der Waals surface area contributed by atoms with E-state index in [1.54, 1.807) is 4.31 Å². The molecule has 1 heterocycles. The third-order valence-corrected chi connectivity index (χ3v) is 6.98. The van der Waals surface area contributed by atoms with E-state index < -0.39 is 16.0 Å². The first-order valence-electron chi connectivity index (χ1n) is 6.79. The van der Waals surface area contributed by atoms with E-state index in [4.69, 9.17) is 5.11 Å². The van der Waals surface area contributed by atoms with Crippen LogP contribution in [0.5, 0.6) is 0 Å². The van der Waals surface area contributed by atoms with Gasteiger partial charge in [-0.05, 0) is 43.6 Å². The van der Waals surface area contributed by atoms with Gasteiger partial charge in [-0.1, -0.05) is 0 Å². The Kier molecular flexibility index (Phi) is 3.60. The SMILES string of the molecule is O=C(O)c1csc(S(=O)(=O)N(CC2CC2)CC2CC2)c1. The highest BCUT2D eigenvalue weighted by Crippen LogP contribution is 2.36. The normalized spacial score (nSPS) is 19.4. The van der Waals surface area contributed by atoms with E-state index in [0.29, 0.717) is 24.9 Å². The first-order valence-corrected chi connectivity index (χ1v) is 9.11. The van der Waals surface area contributed by atoms with Gasteiger partial charge in [-0.2, -0.15) is 4.31 Å². The predicted molar refractivity (Wildman–Crippen MR) is 75.5 cm³/mol. The average molecular weight is 315 g/mol. The largest absolute Gasteiger partial charge is 0.478 e. The van der Waals surface area contributed by atoms with E-state index in [-0.39, 0.29) is 9.77 Å². The quantitative estimate of drug-likeness (QED) is 0.837. The van der Waals surface area contributed by atoms with Crippen molar-refractivity contribution in [2.75, 3.05) is 13.1 Å². The fraction of sp³-hybridized carbons (Fsp3) is 0.615. The van der Waals surface area contributed by atoms with Gasteiger partial charge in [-0.15, -0.1) is 11.3 Å². The van der Waals surface area contributed by atoms with Gasteiger partial charge in [0, 0.05) is 18.5 Å². The number of carboxylic acids is 1. The Morgan fingerprint density at radius 1 is 1.25 bits per heavy atom. The van der Waals surface area contributed by atoms with Gasteiger partial charge in [-0.3, -0.25) is 0 Å². The summed E-state index contributed by atoms with van der Waals surface area (Å²) in [5.41, 5.74) is 0.0476. The van der Waals surface area contributed by atoms with Gasteiger partial charge in [0.25, 0.3) is 10.0 Å². The maximum atomic E-state index is 12.6. The molecule has 2 fully saturated rings. The van der Waals surface area contributed by atoms with Gasteiger partial charge in [-0.25, -0.2) is 13.2 Å². The molecule has 1 aromatic heterocycles. The summed E-state index contributed by atoms with van der Waals surface area (Å²) in [4.78, 5) is 10.9. The van der Waals surface area contributed by atoms with Crippen LogP contribution in [0.1, 0.15) is 36.0 Å². The second-order valence-electron chi connectivity index (χ2n) is 5.67. The molecule has 0 atom stereocenters. The summed E-state index contributed by atoms with van der Waals surface area (Å²) in [5, 5.41) is 10.3. The summed E-state index contributed by atoms with van der Waals surface area (Å²) < 4.78 is 27.0. The van der Waals surface area contributed by atoms with Crippen LogP contribution in [0.3, 0.4) is 0 Å². The molecule has 0 radical (unpaired) electrons. The highest BCUT2D eigenvalue weighted by Gasteiger charge is 2.36. The van der Waals surface area contributed by atoms with E-state index in [1.807, 2.05) is 0 Å². The van der Waals surface area contributed by atoms with Gasteiger partial charge in [0.2, 0.25) is 0 Å². The van der Waals surface area contributed by atoms with Crippen LogP contribution in [-0.4, -0.2) is 36.9 Å². The number of rotatable bonds is 7.